The molecule has 0 bridgehead atoms. The first-order valence-corrected chi connectivity index (χ1v) is 7.29. The van der Waals surface area contributed by atoms with Crippen molar-refractivity contribution in [2.75, 3.05) is 13.2 Å². The molecule has 0 saturated heterocycles. The minimum atomic E-state index is -0.544. The Kier molecular flexibility index (Phi) is 5.28. The normalized spacial score (nSPS) is 10.5. The van der Waals surface area contributed by atoms with Gasteiger partial charge in [-0.05, 0) is 54.7 Å². The second-order valence-electron chi connectivity index (χ2n) is 5.33. The van der Waals surface area contributed by atoms with Crippen LogP contribution in [0.4, 0.5) is 4.39 Å². The third-order valence-electron chi connectivity index (χ3n) is 3.67. The van der Waals surface area contributed by atoms with Crippen LogP contribution in [0.2, 0.25) is 0 Å². The van der Waals surface area contributed by atoms with Gasteiger partial charge in [-0.3, -0.25) is 4.79 Å². The number of nitrogens with one attached hydrogen (secondary N) is 1. The molecule has 22 heavy (non-hydrogen) atoms. The van der Waals surface area contributed by atoms with E-state index in [1.807, 2.05) is 32.0 Å². The highest BCUT2D eigenvalue weighted by molar-refractivity contribution is 5.95. The van der Waals surface area contributed by atoms with Crippen molar-refractivity contribution in [3.63, 3.8) is 0 Å². The number of aryl methyl sites for hydroxylation is 2. The van der Waals surface area contributed by atoms with E-state index in [0.717, 1.165) is 16.7 Å². The molecule has 0 aliphatic carbocycles. The average molecular weight is 301 g/mol. The predicted molar refractivity (Wildman–Crippen MR) is 85.3 cm³/mol. The minimum Gasteiger partial charge on any atom is -0.396 e. The quantitative estimate of drug-likeness (QED) is 0.833. The zero-order chi connectivity index (χ0) is 16.1. The first-order chi connectivity index (χ1) is 10.5. The van der Waals surface area contributed by atoms with Crippen LogP contribution >= 0.6 is 0 Å². The summed E-state index contributed by atoms with van der Waals surface area (Å²) in [7, 11) is 0. The summed E-state index contributed by atoms with van der Waals surface area (Å²) in [6.45, 7) is 4.36. The molecule has 2 N–H and O–H groups in total. The summed E-state index contributed by atoms with van der Waals surface area (Å²) in [6, 6.07) is 10.6. The Morgan fingerprint density at radius 2 is 1.77 bits per heavy atom. The molecule has 0 unspecified atom stereocenters. The molecular formula is C18H20FNO2. The summed E-state index contributed by atoms with van der Waals surface area (Å²) in [5.41, 5.74) is 4.01. The molecule has 4 heteroatoms. The number of hydrogen-bond donors (Lipinski definition) is 2. The van der Waals surface area contributed by atoms with E-state index in [0.29, 0.717) is 13.0 Å². The maximum atomic E-state index is 14.2. The third kappa shape index (κ3) is 3.71. The number of aliphatic hydroxyl groups is 1. The monoisotopic (exact) mass is 301 g/mol. The van der Waals surface area contributed by atoms with Gasteiger partial charge in [0.2, 0.25) is 0 Å². The van der Waals surface area contributed by atoms with E-state index in [4.69, 9.17) is 5.11 Å². The molecule has 2 aromatic rings. The van der Waals surface area contributed by atoms with Crippen LogP contribution in [0.25, 0.3) is 11.1 Å². The molecule has 0 aromatic heterocycles. The molecule has 3 nitrogen and oxygen atoms in total. The number of halogens is 1. The molecule has 116 valence electrons. The van der Waals surface area contributed by atoms with Crippen molar-refractivity contribution in [2.45, 2.75) is 20.3 Å². The topological polar surface area (TPSA) is 49.3 Å². The molecule has 0 heterocycles. The van der Waals surface area contributed by atoms with Gasteiger partial charge in [0.15, 0.2) is 0 Å². The summed E-state index contributed by atoms with van der Waals surface area (Å²) < 4.78 is 14.2. The fourth-order valence-electron chi connectivity index (χ4n) is 2.18. The Bertz CT molecular complexity index is 683. The largest absolute Gasteiger partial charge is 0.396 e. The van der Waals surface area contributed by atoms with E-state index in [-0.39, 0.29) is 12.2 Å². The van der Waals surface area contributed by atoms with Crippen LogP contribution in [0, 0.1) is 19.7 Å². The fourth-order valence-corrected chi connectivity index (χ4v) is 2.18. The first kappa shape index (κ1) is 16.2. The van der Waals surface area contributed by atoms with Crippen LogP contribution in [0.5, 0.6) is 0 Å². The van der Waals surface area contributed by atoms with Crippen LogP contribution < -0.4 is 5.32 Å². The number of benzene rings is 2. The van der Waals surface area contributed by atoms with Crippen LogP contribution in [-0.4, -0.2) is 24.2 Å². The van der Waals surface area contributed by atoms with Crippen molar-refractivity contribution in [1.29, 1.82) is 0 Å². The number of rotatable bonds is 5. The van der Waals surface area contributed by atoms with Gasteiger partial charge in [-0.25, -0.2) is 4.39 Å². The van der Waals surface area contributed by atoms with Crippen LogP contribution in [0.15, 0.2) is 36.4 Å². The van der Waals surface area contributed by atoms with Gasteiger partial charge in [-0.15, -0.1) is 0 Å². The number of hydrogen-bond acceptors (Lipinski definition) is 2. The van der Waals surface area contributed by atoms with E-state index >= 15 is 0 Å². The minimum absolute atomic E-state index is 0.00548. The van der Waals surface area contributed by atoms with Gasteiger partial charge >= 0.3 is 0 Å². The van der Waals surface area contributed by atoms with Gasteiger partial charge in [0.25, 0.3) is 5.91 Å². The van der Waals surface area contributed by atoms with Crippen molar-refractivity contribution < 1.29 is 14.3 Å². The van der Waals surface area contributed by atoms with Crippen molar-refractivity contribution in [2.24, 2.45) is 0 Å². The van der Waals surface area contributed by atoms with Gasteiger partial charge in [0.05, 0.1) is 5.56 Å². The Morgan fingerprint density at radius 3 is 2.41 bits per heavy atom. The second kappa shape index (κ2) is 7.18. The van der Waals surface area contributed by atoms with E-state index in [2.05, 4.69) is 5.32 Å². The lowest BCUT2D eigenvalue weighted by atomic mass is 9.99. The van der Waals surface area contributed by atoms with Crippen LogP contribution in [0.1, 0.15) is 27.9 Å². The van der Waals surface area contributed by atoms with Crippen molar-refractivity contribution >= 4 is 5.91 Å². The average Bonchev–Trinajstić information content (AvgIpc) is 2.50. The van der Waals surface area contributed by atoms with E-state index in [1.54, 1.807) is 6.07 Å². The summed E-state index contributed by atoms with van der Waals surface area (Å²) >= 11 is 0. The standard InChI is InChI=1S/C18H20FNO2/c1-12-4-5-14(10-13(12)2)15-6-7-16(17(19)11-15)18(22)20-8-3-9-21/h4-7,10-11,21H,3,8-9H2,1-2H3,(H,20,22). The number of amides is 1. The fraction of sp³-hybridized carbons (Fsp3) is 0.278. The smallest absolute Gasteiger partial charge is 0.254 e. The molecular weight excluding hydrogens is 281 g/mol. The molecule has 0 aliphatic rings. The van der Waals surface area contributed by atoms with Crippen molar-refractivity contribution in [3.05, 3.63) is 58.9 Å². The summed E-state index contributed by atoms with van der Waals surface area (Å²) in [6.07, 6.45) is 0.452. The summed E-state index contributed by atoms with van der Waals surface area (Å²) in [4.78, 5) is 11.9. The van der Waals surface area contributed by atoms with Gasteiger partial charge in [0.1, 0.15) is 5.82 Å². The molecule has 2 aromatic carbocycles. The first-order valence-electron chi connectivity index (χ1n) is 7.29. The molecule has 0 aliphatic heterocycles. The van der Waals surface area contributed by atoms with Gasteiger partial charge < -0.3 is 10.4 Å². The molecule has 0 saturated carbocycles. The van der Waals surface area contributed by atoms with Gasteiger partial charge in [-0.2, -0.15) is 0 Å². The molecule has 0 spiro atoms. The van der Waals surface area contributed by atoms with E-state index in [1.165, 1.54) is 17.7 Å². The molecule has 2 rings (SSSR count). The van der Waals surface area contributed by atoms with Gasteiger partial charge in [0, 0.05) is 13.2 Å². The van der Waals surface area contributed by atoms with Crippen molar-refractivity contribution in [1.82, 2.24) is 5.32 Å². The molecule has 0 atom stereocenters. The van der Waals surface area contributed by atoms with Crippen LogP contribution in [-0.2, 0) is 0 Å². The highest BCUT2D eigenvalue weighted by atomic mass is 19.1. The Hall–Kier alpha value is -2.20. The number of aliphatic hydroxyl groups excluding tert-OH is 1. The Morgan fingerprint density at radius 1 is 1.09 bits per heavy atom. The zero-order valence-corrected chi connectivity index (χ0v) is 12.8. The predicted octanol–water partition coefficient (Wildman–Crippen LogP) is 3.22. The number of carbonyl (C=O) groups is 1. The lowest BCUT2D eigenvalue weighted by Gasteiger charge is -2.09. The maximum absolute atomic E-state index is 14.2. The zero-order valence-electron chi connectivity index (χ0n) is 12.8. The molecule has 0 fully saturated rings. The summed E-state index contributed by atoms with van der Waals surface area (Å²) in [5, 5.41) is 11.3. The van der Waals surface area contributed by atoms with E-state index in [9.17, 15) is 9.18 Å². The summed E-state index contributed by atoms with van der Waals surface area (Å²) in [5.74, 6) is -1.00. The number of carbonyl (C=O) groups excluding carboxylic acids is 1. The lowest BCUT2D eigenvalue weighted by molar-refractivity contribution is 0.0947. The lowest BCUT2D eigenvalue weighted by Crippen LogP contribution is -2.25. The van der Waals surface area contributed by atoms with E-state index < -0.39 is 11.7 Å². The van der Waals surface area contributed by atoms with Crippen molar-refractivity contribution in [3.8, 4) is 11.1 Å². The van der Waals surface area contributed by atoms with Gasteiger partial charge in [-0.1, -0.05) is 24.3 Å². The van der Waals surface area contributed by atoms with Crippen LogP contribution in [0.3, 0.4) is 0 Å². The SMILES string of the molecule is Cc1ccc(-c2ccc(C(=O)NCCCO)c(F)c2)cc1C. The maximum Gasteiger partial charge on any atom is 0.254 e. The molecule has 0 radical (unpaired) electrons. The second-order valence-corrected chi connectivity index (χ2v) is 5.33. The Balaban J connectivity index is 2.22. The Labute approximate surface area is 129 Å². The highest BCUT2D eigenvalue weighted by Crippen LogP contribution is 2.24. The highest BCUT2D eigenvalue weighted by Gasteiger charge is 2.12. The molecule has 1 amide bonds. The third-order valence-corrected chi connectivity index (χ3v) is 3.67.